The number of imide groups is 1. The Hall–Kier alpha value is -3.08. The maximum absolute atomic E-state index is 14.8. The number of nitrogens with zero attached hydrogens (tertiary/aromatic N) is 1. The van der Waals surface area contributed by atoms with Gasteiger partial charge in [0.15, 0.2) is 22.9 Å². The summed E-state index contributed by atoms with van der Waals surface area (Å²) in [6.45, 7) is 11.6. The van der Waals surface area contributed by atoms with Gasteiger partial charge in [0.1, 0.15) is 5.76 Å². The van der Waals surface area contributed by atoms with Crippen molar-refractivity contribution in [2.24, 2.45) is 17.8 Å². The van der Waals surface area contributed by atoms with Gasteiger partial charge in [-0.2, -0.15) is 0 Å². The van der Waals surface area contributed by atoms with E-state index in [9.17, 15) is 22.8 Å². The SMILES string of the molecule is CC(=O)OC1=C[C@@H]2[C@H](O[Si](C)(C)C(C)(C)C)C[C@H]1[C@@H]1C(=O)N(Cc3ccccc3)C(=O)[C@]21S(=O)(=O)c1ccccc1. The van der Waals surface area contributed by atoms with Crippen LogP contribution in [0.5, 0.6) is 0 Å². The topological polar surface area (TPSA) is 107 Å². The lowest BCUT2D eigenvalue weighted by molar-refractivity contribution is -0.143. The number of amides is 2. The van der Waals surface area contributed by atoms with Gasteiger partial charge >= 0.3 is 5.97 Å². The van der Waals surface area contributed by atoms with Crippen LogP contribution in [0.3, 0.4) is 0 Å². The third-order valence-corrected chi connectivity index (χ3v) is 16.2. The van der Waals surface area contributed by atoms with Crippen LogP contribution in [0.2, 0.25) is 18.1 Å². The summed E-state index contributed by atoms with van der Waals surface area (Å²) in [5, 5.41) is -0.189. The van der Waals surface area contributed by atoms with Crippen molar-refractivity contribution in [2.75, 3.05) is 0 Å². The van der Waals surface area contributed by atoms with Crippen LogP contribution in [-0.2, 0) is 39.9 Å². The molecule has 2 bridgehead atoms. The number of benzene rings is 2. The van der Waals surface area contributed by atoms with Crippen LogP contribution in [0.4, 0.5) is 0 Å². The average molecular weight is 596 g/mol. The summed E-state index contributed by atoms with van der Waals surface area (Å²) < 4.78 is 39.9. The Labute approximate surface area is 242 Å². The van der Waals surface area contributed by atoms with E-state index in [-0.39, 0.29) is 28.7 Å². The second-order valence-electron chi connectivity index (χ2n) is 12.7. The molecule has 1 saturated carbocycles. The summed E-state index contributed by atoms with van der Waals surface area (Å²) in [6.07, 6.45) is 1.19. The molecule has 1 heterocycles. The van der Waals surface area contributed by atoms with E-state index in [2.05, 4.69) is 33.9 Å². The maximum atomic E-state index is 14.8. The largest absolute Gasteiger partial charge is 0.431 e. The van der Waals surface area contributed by atoms with E-state index < -0.39 is 64.5 Å². The van der Waals surface area contributed by atoms with E-state index in [4.69, 9.17) is 9.16 Å². The molecule has 8 nitrogen and oxygen atoms in total. The quantitative estimate of drug-likeness (QED) is 0.255. The Morgan fingerprint density at radius 2 is 1.61 bits per heavy atom. The normalized spacial score (nSPS) is 28.0. The van der Waals surface area contributed by atoms with E-state index in [0.717, 1.165) is 4.90 Å². The van der Waals surface area contributed by atoms with Crippen molar-refractivity contribution in [1.82, 2.24) is 4.90 Å². The Bertz CT molecular complexity index is 1510. The summed E-state index contributed by atoms with van der Waals surface area (Å²) in [7, 11) is -6.89. The zero-order valence-corrected chi connectivity index (χ0v) is 26.1. The molecular weight excluding hydrogens is 558 g/mol. The van der Waals surface area contributed by atoms with Crippen LogP contribution in [0.25, 0.3) is 0 Å². The summed E-state index contributed by atoms with van der Waals surface area (Å²) >= 11 is 0. The van der Waals surface area contributed by atoms with Crippen molar-refractivity contribution in [2.45, 2.75) is 74.5 Å². The molecule has 0 N–H and O–H groups in total. The van der Waals surface area contributed by atoms with Crippen molar-refractivity contribution in [3.05, 3.63) is 78.1 Å². The predicted octanol–water partition coefficient (Wildman–Crippen LogP) is 4.87. The fourth-order valence-electron chi connectivity index (χ4n) is 6.36. The van der Waals surface area contributed by atoms with Crippen LogP contribution >= 0.6 is 0 Å². The highest BCUT2D eigenvalue weighted by atomic mass is 32.2. The van der Waals surface area contributed by atoms with Gasteiger partial charge in [-0.1, -0.05) is 69.3 Å². The number of fused-ring (bicyclic) bond motifs is 1. The van der Waals surface area contributed by atoms with Gasteiger partial charge in [-0.05, 0) is 48.3 Å². The highest BCUT2D eigenvalue weighted by Gasteiger charge is 2.77. The van der Waals surface area contributed by atoms with Crippen LogP contribution in [0.1, 0.15) is 39.7 Å². The number of carbonyl (C=O) groups is 3. The van der Waals surface area contributed by atoms with E-state index in [1.165, 1.54) is 19.1 Å². The molecule has 4 aliphatic rings. The van der Waals surface area contributed by atoms with Gasteiger partial charge in [-0.15, -0.1) is 0 Å². The van der Waals surface area contributed by atoms with Gasteiger partial charge < -0.3 is 9.16 Å². The van der Waals surface area contributed by atoms with E-state index >= 15 is 0 Å². The Balaban J connectivity index is 1.74. The summed E-state index contributed by atoms with van der Waals surface area (Å²) in [4.78, 5) is 42.1. The summed E-state index contributed by atoms with van der Waals surface area (Å²) in [6, 6.07) is 16.8. The van der Waals surface area contributed by atoms with Crippen molar-refractivity contribution in [1.29, 1.82) is 0 Å². The van der Waals surface area contributed by atoms with Gasteiger partial charge in [-0.3, -0.25) is 19.3 Å². The number of sulfone groups is 1. The fourth-order valence-corrected chi connectivity index (χ4v) is 10.1. The molecule has 2 amide bonds. The van der Waals surface area contributed by atoms with Gasteiger partial charge in [0, 0.05) is 18.8 Å². The maximum Gasteiger partial charge on any atom is 0.307 e. The highest BCUT2D eigenvalue weighted by Crippen LogP contribution is 2.61. The number of ether oxygens (including phenoxy) is 1. The molecule has 1 aliphatic heterocycles. The van der Waals surface area contributed by atoms with E-state index in [1.54, 1.807) is 48.5 Å². The zero-order chi connectivity index (χ0) is 30.0. The zero-order valence-electron chi connectivity index (χ0n) is 24.3. The lowest BCUT2D eigenvalue weighted by Crippen LogP contribution is -2.67. The molecule has 218 valence electrons. The molecule has 2 aromatic carbocycles. The average Bonchev–Trinajstić information content (AvgIpc) is 3.13. The minimum absolute atomic E-state index is 0.0335. The van der Waals surface area contributed by atoms with Gasteiger partial charge in [-0.25, -0.2) is 8.42 Å². The number of allylic oxidation sites excluding steroid dienone is 1. The molecular formula is C31H37NO7SSi. The molecule has 3 aliphatic carbocycles. The molecule has 41 heavy (non-hydrogen) atoms. The second-order valence-corrected chi connectivity index (χ2v) is 19.7. The predicted molar refractivity (Wildman–Crippen MR) is 155 cm³/mol. The molecule has 0 aromatic heterocycles. The number of hydrogen-bond donors (Lipinski definition) is 0. The molecule has 2 fully saturated rings. The summed E-state index contributed by atoms with van der Waals surface area (Å²) in [5.74, 6) is -4.77. The Morgan fingerprint density at radius 1 is 1.02 bits per heavy atom. The monoisotopic (exact) mass is 595 g/mol. The number of carbonyl (C=O) groups excluding carboxylic acids is 3. The second kappa shape index (κ2) is 10.0. The molecule has 1 saturated heterocycles. The third kappa shape index (κ3) is 4.51. The first-order valence-electron chi connectivity index (χ1n) is 13.9. The first-order chi connectivity index (χ1) is 19.1. The number of likely N-dealkylation sites (tertiary alicyclic amines) is 1. The molecule has 2 aromatic rings. The van der Waals surface area contributed by atoms with E-state index in [0.29, 0.717) is 5.56 Å². The van der Waals surface area contributed by atoms with Crippen molar-refractivity contribution in [3.63, 3.8) is 0 Å². The minimum atomic E-state index is -4.44. The van der Waals surface area contributed by atoms with Crippen molar-refractivity contribution >= 4 is 35.9 Å². The van der Waals surface area contributed by atoms with Gasteiger partial charge in [0.05, 0.1) is 23.5 Å². The van der Waals surface area contributed by atoms with Gasteiger partial charge in [0.2, 0.25) is 5.91 Å². The smallest absolute Gasteiger partial charge is 0.307 e. The molecule has 0 spiro atoms. The van der Waals surface area contributed by atoms with E-state index in [1.807, 2.05) is 6.07 Å². The minimum Gasteiger partial charge on any atom is -0.431 e. The molecule has 5 atom stereocenters. The Kier molecular flexibility index (Phi) is 7.19. The standard InChI is InChI=1S/C31H37NO7SSi/c1-20(33)38-25-18-24-26(39-41(5,6)30(2,3)4)17-23(25)27-28(34)32(19-21-13-9-7-10-14-21)29(35)31(24,27)40(36,37)22-15-11-8-12-16-22/h7-16,18,23-24,26-27H,17,19H2,1-6H3/t23-,24-,26-,27-,31+/m1/s1. The first kappa shape index (κ1) is 29.4. The van der Waals surface area contributed by atoms with Crippen molar-refractivity contribution in [3.8, 4) is 0 Å². The molecule has 0 unspecified atom stereocenters. The highest BCUT2D eigenvalue weighted by molar-refractivity contribution is 7.93. The molecule has 6 rings (SSSR count). The number of rotatable bonds is 7. The van der Waals surface area contributed by atoms with Crippen LogP contribution in [0.15, 0.2) is 77.4 Å². The number of hydrogen-bond acceptors (Lipinski definition) is 7. The Morgan fingerprint density at radius 3 is 2.17 bits per heavy atom. The molecule has 10 heteroatoms. The molecule has 0 radical (unpaired) electrons. The van der Waals surface area contributed by atoms with Crippen LogP contribution in [0, 0.1) is 17.8 Å². The van der Waals surface area contributed by atoms with Gasteiger partial charge in [0.25, 0.3) is 5.91 Å². The lowest BCUT2D eigenvalue weighted by atomic mass is 9.60. The van der Waals surface area contributed by atoms with Crippen LogP contribution < -0.4 is 0 Å². The summed E-state index contributed by atoms with van der Waals surface area (Å²) in [5.41, 5.74) is 0.703. The number of esters is 1. The van der Waals surface area contributed by atoms with Crippen molar-refractivity contribution < 1.29 is 32.0 Å². The fraction of sp³-hybridized carbons (Fsp3) is 0.452. The third-order valence-electron chi connectivity index (χ3n) is 9.26. The van der Waals surface area contributed by atoms with Crippen LogP contribution in [-0.4, -0.2) is 50.3 Å². The lowest BCUT2D eigenvalue weighted by Gasteiger charge is -2.54. The first-order valence-corrected chi connectivity index (χ1v) is 18.3.